The van der Waals surface area contributed by atoms with Crippen LogP contribution in [0, 0.1) is 13.8 Å². The first kappa shape index (κ1) is 13.0. The zero-order valence-electron chi connectivity index (χ0n) is 10.9. The topological polar surface area (TPSA) is 80.0 Å². The lowest BCUT2D eigenvalue weighted by atomic mass is 10.1. The Balaban J connectivity index is 2.18. The van der Waals surface area contributed by atoms with Gasteiger partial charge >= 0.3 is 0 Å². The Morgan fingerprint density at radius 1 is 1.21 bits per heavy atom. The van der Waals surface area contributed by atoms with Crippen molar-refractivity contribution in [3.05, 3.63) is 53.3 Å². The van der Waals surface area contributed by atoms with E-state index in [-0.39, 0.29) is 5.91 Å². The number of benzene rings is 1. The van der Waals surface area contributed by atoms with Gasteiger partial charge in [-0.25, -0.2) is 0 Å². The van der Waals surface area contributed by atoms with Crippen molar-refractivity contribution in [3.8, 4) is 0 Å². The van der Waals surface area contributed by atoms with Crippen molar-refractivity contribution in [2.45, 2.75) is 13.8 Å². The number of amides is 1. The van der Waals surface area contributed by atoms with Gasteiger partial charge in [0.25, 0.3) is 5.91 Å². The Morgan fingerprint density at radius 3 is 2.63 bits per heavy atom. The number of hydrazine groups is 1. The number of carbonyl (C=O) groups is 1. The molecule has 0 aliphatic rings. The molecule has 0 bridgehead atoms. The molecule has 2 rings (SSSR count). The molecule has 0 fully saturated rings. The summed E-state index contributed by atoms with van der Waals surface area (Å²) < 4.78 is 0. The molecule has 1 heterocycles. The first-order valence-corrected chi connectivity index (χ1v) is 5.91. The summed E-state index contributed by atoms with van der Waals surface area (Å²) in [7, 11) is 0. The van der Waals surface area contributed by atoms with Crippen molar-refractivity contribution in [1.82, 2.24) is 4.98 Å². The monoisotopic (exact) mass is 256 g/mol. The Morgan fingerprint density at radius 2 is 2.00 bits per heavy atom. The zero-order chi connectivity index (χ0) is 13.8. The van der Waals surface area contributed by atoms with Gasteiger partial charge in [-0.05, 0) is 49.7 Å². The third kappa shape index (κ3) is 3.08. The van der Waals surface area contributed by atoms with Crippen molar-refractivity contribution >= 4 is 17.3 Å². The van der Waals surface area contributed by atoms with Crippen LogP contribution < -0.4 is 16.6 Å². The summed E-state index contributed by atoms with van der Waals surface area (Å²) in [5.41, 5.74) is 6.48. The largest absolute Gasteiger partial charge is 0.324 e. The normalized spacial score (nSPS) is 10.1. The minimum Gasteiger partial charge on any atom is -0.324 e. The van der Waals surface area contributed by atoms with E-state index in [9.17, 15) is 4.79 Å². The number of aryl methyl sites for hydroxylation is 2. The van der Waals surface area contributed by atoms with Crippen LogP contribution in [-0.4, -0.2) is 10.9 Å². The molecule has 0 saturated carbocycles. The fourth-order valence-corrected chi connectivity index (χ4v) is 1.79. The highest BCUT2D eigenvalue weighted by Gasteiger charge is 2.08. The lowest BCUT2D eigenvalue weighted by Gasteiger charge is -2.09. The summed E-state index contributed by atoms with van der Waals surface area (Å²) in [6.07, 6.45) is 1.66. The third-order valence-electron chi connectivity index (χ3n) is 2.80. The van der Waals surface area contributed by atoms with Crippen LogP contribution in [0.15, 0.2) is 36.5 Å². The molecule has 5 heteroatoms. The Bertz CT molecular complexity index is 610. The van der Waals surface area contributed by atoms with Crippen LogP contribution in [-0.2, 0) is 0 Å². The zero-order valence-corrected chi connectivity index (χ0v) is 10.9. The summed E-state index contributed by atoms with van der Waals surface area (Å²) in [6, 6.07) is 8.88. The fourth-order valence-electron chi connectivity index (χ4n) is 1.79. The fraction of sp³-hybridized carbons (Fsp3) is 0.143. The van der Waals surface area contributed by atoms with Gasteiger partial charge in [-0.15, -0.1) is 0 Å². The summed E-state index contributed by atoms with van der Waals surface area (Å²) >= 11 is 0. The maximum Gasteiger partial charge on any atom is 0.255 e. The molecule has 4 N–H and O–H groups in total. The van der Waals surface area contributed by atoms with Crippen LogP contribution >= 0.6 is 0 Å². The molecule has 0 atom stereocenters. The Labute approximate surface area is 111 Å². The molecule has 0 spiro atoms. The molecule has 0 unspecified atom stereocenters. The minimum atomic E-state index is -0.155. The number of nitrogen functional groups attached to an aromatic ring is 1. The summed E-state index contributed by atoms with van der Waals surface area (Å²) in [5, 5.41) is 2.83. The Kier molecular flexibility index (Phi) is 3.77. The predicted molar refractivity (Wildman–Crippen MR) is 75.9 cm³/mol. The van der Waals surface area contributed by atoms with Crippen LogP contribution in [0.2, 0.25) is 0 Å². The van der Waals surface area contributed by atoms with Gasteiger partial charge in [0.05, 0.1) is 5.69 Å². The quantitative estimate of drug-likeness (QED) is 0.581. The van der Waals surface area contributed by atoms with E-state index in [0.717, 1.165) is 22.6 Å². The minimum absolute atomic E-state index is 0.155. The van der Waals surface area contributed by atoms with Crippen LogP contribution in [0.5, 0.6) is 0 Å². The van der Waals surface area contributed by atoms with Crippen molar-refractivity contribution in [2.75, 3.05) is 10.7 Å². The molecule has 98 valence electrons. The van der Waals surface area contributed by atoms with E-state index in [4.69, 9.17) is 5.84 Å². The number of nitrogens with two attached hydrogens (primary N) is 1. The molecular weight excluding hydrogens is 240 g/mol. The molecule has 1 aromatic heterocycles. The van der Waals surface area contributed by atoms with E-state index >= 15 is 0 Å². The molecule has 1 amide bonds. The number of hydrogen-bond donors (Lipinski definition) is 3. The van der Waals surface area contributed by atoms with Gasteiger partial charge in [-0.3, -0.25) is 15.6 Å². The molecule has 0 saturated heterocycles. The maximum absolute atomic E-state index is 12.1. The van der Waals surface area contributed by atoms with E-state index in [1.807, 2.05) is 19.9 Å². The Hall–Kier alpha value is -2.40. The highest BCUT2D eigenvalue weighted by Crippen LogP contribution is 2.16. The highest BCUT2D eigenvalue weighted by atomic mass is 16.1. The molecule has 0 aliphatic carbocycles. The number of rotatable bonds is 3. The van der Waals surface area contributed by atoms with E-state index in [0.29, 0.717) is 5.56 Å². The molecule has 0 aliphatic heterocycles. The van der Waals surface area contributed by atoms with Crippen LogP contribution in [0.25, 0.3) is 0 Å². The number of nitrogens with one attached hydrogen (secondary N) is 2. The van der Waals surface area contributed by atoms with Crippen molar-refractivity contribution in [2.24, 2.45) is 5.84 Å². The van der Waals surface area contributed by atoms with Crippen molar-refractivity contribution in [1.29, 1.82) is 0 Å². The number of pyridine rings is 1. The second-order valence-corrected chi connectivity index (χ2v) is 4.31. The second-order valence-electron chi connectivity index (χ2n) is 4.31. The van der Waals surface area contributed by atoms with Crippen LogP contribution in [0.4, 0.5) is 11.4 Å². The standard InChI is InChI=1S/C14H16N4O/c1-9-7-11(3-4-13(9)18-15)14(19)17-12-5-6-16-10(2)8-12/h3-8,18H,15H2,1-2H3,(H,16,17,19). The number of nitrogens with zero attached hydrogens (tertiary/aromatic N) is 1. The SMILES string of the molecule is Cc1cc(NC(=O)c2ccc(NN)c(C)c2)ccn1. The van der Waals surface area contributed by atoms with E-state index in [1.165, 1.54) is 0 Å². The van der Waals surface area contributed by atoms with Crippen molar-refractivity contribution in [3.63, 3.8) is 0 Å². The summed E-state index contributed by atoms with van der Waals surface area (Å²) in [4.78, 5) is 16.2. The van der Waals surface area contributed by atoms with E-state index < -0.39 is 0 Å². The van der Waals surface area contributed by atoms with Crippen molar-refractivity contribution < 1.29 is 4.79 Å². The van der Waals surface area contributed by atoms with Gasteiger partial charge in [0.15, 0.2) is 0 Å². The van der Waals surface area contributed by atoms with E-state index in [2.05, 4.69) is 15.7 Å². The predicted octanol–water partition coefficient (Wildman–Crippen LogP) is 2.24. The number of aromatic nitrogens is 1. The first-order valence-electron chi connectivity index (χ1n) is 5.91. The molecule has 1 aromatic carbocycles. The van der Waals surface area contributed by atoms with E-state index in [1.54, 1.807) is 30.5 Å². The maximum atomic E-state index is 12.1. The molecular formula is C14H16N4O. The molecule has 0 radical (unpaired) electrons. The molecule has 5 nitrogen and oxygen atoms in total. The lowest BCUT2D eigenvalue weighted by molar-refractivity contribution is 0.102. The number of anilines is 2. The van der Waals surface area contributed by atoms with Gasteiger partial charge < -0.3 is 10.7 Å². The average Bonchev–Trinajstić information content (AvgIpc) is 2.38. The van der Waals surface area contributed by atoms with Crippen LogP contribution in [0.3, 0.4) is 0 Å². The van der Waals surface area contributed by atoms with Gasteiger partial charge in [-0.2, -0.15) is 0 Å². The van der Waals surface area contributed by atoms with Crippen LogP contribution in [0.1, 0.15) is 21.6 Å². The first-order chi connectivity index (χ1) is 9.10. The highest BCUT2D eigenvalue weighted by molar-refractivity contribution is 6.04. The lowest BCUT2D eigenvalue weighted by Crippen LogP contribution is -2.13. The molecule has 19 heavy (non-hydrogen) atoms. The summed E-state index contributed by atoms with van der Waals surface area (Å²) in [6.45, 7) is 3.77. The smallest absolute Gasteiger partial charge is 0.255 e. The second kappa shape index (κ2) is 5.49. The van der Waals surface area contributed by atoms with Gasteiger partial charge in [0.1, 0.15) is 0 Å². The average molecular weight is 256 g/mol. The van der Waals surface area contributed by atoms with Gasteiger partial charge in [0, 0.05) is 23.1 Å². The molecule has 2 aromatic rings. The summed E-state index contributed by atoms with van der Waals surface area (Å²) in [5.74, 6) is 5.20. The number of hydrogen-bond acceptors (Lipinski definition) is 4. The third-order valence-corrected chi connectivity index (χ3v) is 2.80. The van der Waals surface area contributed by atoms with Gasteiger partial charge in [0.2, 0.25) is 0 Å². The number of carbonyl (C=O) groups excluding carboxylic acids is 1. The van der Waals surface area contributed by atoms with Gasteiger partial charge in [-0.1, -0.05) is 0 Å².